The fraction of sp³-hybridized carbons (Fsp3) is 0.300. The minimum absolute atomic E-state index is 0.112. The molecule has 0 saturated carbocycles. The van der Waals surface area contributed by atoms with Gasteiger partial charge in [0.05, 0.1) is 29.4 Å². The van der Waals surface area contributed by atoms with E-state index < -0.39 is 17.7 Å². The van der Waals surface area contributed by atoms with Gasteiger partial charge in [0.25, 0.3) is 0 Å². The lowest BCUT2D eigenvalue weighted by atomic mass is 9.99. The maximum atomic E-state index is 14.5. The van der Waals surface area contributed by atoms with E-state index in [9.17, 15) is 13.6 Å². The van der Waals surface area contributed by atoms with Crippen LogP contribution < -0.4 is 15.0 Å². The molecule has 2 heterocycles. The van der Waals surface area contributed by atoms with Crippen molar-refractivity contribution in [3.05, 3.63) is 47.3 Å². The number of imidazole rings is 1. The third-order valence-corrected chi connectivity index (χ3v) is 4.95. The third-order valence-electron chi connectivity index (χ3n) is 4.95. The second-order valence-corrected chi connectivity index (χ2v) is 6.92. The van der Waals surface area contributed by atoms with Crippen molar-refractivity contribution in [1.29, 1.82) is 0 Å². The van der Waals surface area contributed by atoms with Crippen molar-refractivity contribution in [1.82, 2.24) is 9.97 Å². The number of ether oxygens (including phenoxy) is 1. The summed E-state index contributed by atoms with van der Waals surface area (Å²) in [6, 6.07) is 5.29. The number of H-pyrrole nitrogens is 1. The Hall–Kier alpha value is -3.16. The molecule has 2 N–H and O–H groups in total. The Labute approximate surface area is 160 Å². The average Bonchev–Trinajstić information content (AvgIpc) is 3.01. The molecule has 0 saturated heterocycles. The SMILES string of the molecule is CC(=O)N(C)c1cc(NC2CCOc3cc(F)cc(F)c32)c2nc(C)[nH]c2c1. The first-order valence-corrected chi connectivity index (χ1v) is 8.96. The Kier molecular flexibility index (Phi) is 4.41. The first-order chi connectivity index (χ1) is 13.3. The van der Waals surface area contributed by atoms with Crippen LogP contribution >= 0.6 is 0 Å². The van der Waals surface area contributed by atoms with Gasteiger partial charge >= 0.3 is 0 Å². The topological polar surface area (TPSA) is 70.2 Å². The van der Waals surface area contributed by atoms with Gasteiger partial charge in [-0.25, -0.2) is 13.8 Å². The van der Waals surface area contributed by atoms with Crippen LogP contribution in [0.25, 0.3) is 11.0 Å². The minimum Gasteiger partial charge on any atom is -0.493 e. The summed E-state index contributed by atoms with van der Waals surface area (Å²) >= 11 is 0. The number of fused-ring (bicyclic) bond motifs is 2. The van der Waals surface area contributed by atoms with Crippen molar-refractivity contribution in [2.45, 2.75) is 26.3 Å². The molecule has 0 aliphatic carbocycles. The number of amides is 1. The molecule has 1 amide bonds. The highest BCUT2D eigenvalue weighted by Gasteiger charge is 2.27. The highest BCUT2D eigenvalue weighted by atomic mass is 19.1. The first-order valence-electron chi connectivity index (χ1n) is 8.96. The molecular formula is C20H20F2N4O2. The maximum absolute atomic E-state index is 14.5. The van der Waals surface area contributed by atoms with E-state index in [1.165, 1.54) is 17.9 Å². The van der Waals surface area contributed by atoms with Gasteiger partial charge in [-0.2, -0.15) is 0 Å². The molecule has 0 fully saturated rings. The number of halogens is 2. The summed E-state index contributed by atoms with van der Waals surface area (Å²) in [4.78, 5) is 21.0. The zero-order valence-electron chi connectivity index (χ0n) is 15.8. The van der Waals surface area contributed by atoms with Crippen molar-refractivity contribution in [3.8, 4) is 5.75 Å². The van der Waals surface area contributed by atoms with E-state index in [1.807, 2.05) is 13.0 Å². The summed E-state index contributed by atoms with van der Waals surface area (Å²) in [6.45, 7) is 3.65. The lowest BCUT2D eigenvalue weighted by molar-refractivity contribution is -0.116. The molecule has 4 rings (SSSR count). The van der Waals surface area contributed by atoms with Crippen LogP contribution in [-0.4, -0.2) is 29.5 Å². The lowest BCUT2D eigenvalue weighted by Crippen LogP contribution is -2.24. The molecule has 6 nitrogen and oxygen atoms in total. The van der Waals surface area contributed by atoms with Crippen LogP contribution in [0.2, 0.25) is 0 Å². The van der Waals surface area contributed by atoms with Crippen molar-refractivity contribution in [2.75, 3.05) is 23.9 Å². The number of anilines is 2. The van der Waals surface area contributed by atoms with Crippen molar-refractivity contribution < 1.29 is 18.3 Å². The smallest absolute Gasteiger partial charge is 0.223 e. The van der Waals surface area contributed by atoms with Gasteiger partial charge in [-0.05, 0) is 19.1 Å². The van der Waals surface area contributed by atoms with Gasteiger partial charge in [-0.3, -0.25) is 4.79 Å². The number of rotatable bonds is 3. The Morgan fingerprint density at radius 2 is 2.11 bits per heavy atom. The highest BCUT2D eigenvalue weighted by molar-refractivity contribution is 5.98. The van der Waals surface area contributed by atoms with E-state index in [0.717, 1.165) is 17.4 Å². The molecule has 1 aliphatic rings. The quantitative estimate of drug-likeness (QED) is 0.712. The van der Waals surface area contributed by atoms with Crippen LogP contribution in [-0.2, 0) is 4.79 Å². The van der Waals surface area contributed by atoms with Crippen LogP contribution in [0.5, 0.6) is 5.75 Å². The molecule has 3 aromatic rings. The second kappa shape index (κ2) is 6.78. The Balaban J connectivity index is 1.80. The largest absolute Gasteiger partial charge is 0.493 e. The van der Waals surface area contributed by atoms with E-state index in [0.29, 0.717) is 35.5 Å². The molecule has 1 aliphatic heterocycles. The van der Waals surface area contributed by atoms with E-state index >= 15 is 0 Å². The summed E-state index contributed by atoms with van der Waals surface area (Å²) in [5.74, 6) is -0.514. The van der Waals surface area contributed by atoms with Crippen LogP contribution in [0, 0.1) is 18.6 Å². The Morgan fingerprint density at radius 3 is 2.86 bits per heavy atom. The summed E-state index contributed by atoms with van der Waals surface area (Å²) in [5.41, 5.74) is 3.08. The van der Waals surface area contributed by atoms with Gasteiger partial charge in [0.15, 0.2) is 0 Å². The number of benzene rings is 2. The summed E-state index contributed by atoms with van der Waals surface area (Å²) in [5, 5.41) is 3.32. The number of hydrogen-bond acceptors (Lipinski definition) is 4. The monoisotopic (exact) mass is 386 g/mol. The number of hydrogen-bond donors (Lipinski definition) is 2. The van der Waals surface area contributed by atoms with Crippen molar-refractivity contribution in [2.24, 2.45) is 0 Å². The number of nitrogens with zero attached hydrogens (tertiary/aromatic N) is 2. The fourth-order valence-electron chi connectivity index (χ4n) is 3.49. The molecule has 0 spiro atoms. The molecule has 8 heteroatoms. The number of aromatic nitrogens is 2. The predicted molar refractivity (Wildman–Crippen MR) is 103 cm³/mol. The molecule has 1 aromatic heterocycles. The van der Waals surface area contributed by atoms with Crippen molar-refractivity contribution >= 4 is 28.3 Å². The molecule has 28 heavy (non-hydrogen) atoms. The van der Waals surface area contributed by atoms with E-state index in [-0.39, 0.29) is 11.7 Å². The van der Waals surface area contributed by atoms with Crippen molar-refractivity contribution in [3.63, 3.8) is 0 Å². The number of aromatic amines is 1. The Morgan fingerprint density at radius 1 is 1.32 bits per heavy atom. The number of carbonyl (C=O) groups is 1. The molecule has 0 radical (unpaired) electrons. The third kappa shape index (κ3) is 3.15. The van der Waals surface area contributed by atoms with Gasteiger partial charge in [-0.15, -0.1) is 0 Å². The highest BCUT2D eigenvalue weighted by Crippen LogP contribution is 2.39. The molecular weight excluding hydrogens is 366 g/mol. The van der Waals surface area contributed by atoms with Gasteiger partial charge < -0.3 is 19.9 Å². The number of aryl methyl sites for hydroxylation is 1. The zero-order valence-corrected chi connectivity index (χ0v) is 15.8. The predicted octanol–water partition coefficient (Wildman–Crippen LogP) is 4.07. The van der Waals surface area contributed by atoms with Gasteiger partial charge in [-0.1, -0.05) is 0 Å². The first kappa shape index (κ1) is 18.2. The van der Waals surface area contributed by atoms with E-state index in [2.05, 4.69) is 15.3 Å². The van der Waals surface area contributed by atoms with Crippen LogP contribution in [0.15, 0.2) is 24.3 Å². The van der Waals surface area contributed by atoms with Crippen LogP contribution in [0.3, 0.4) is 0 Å². The standard InChI is InChI=1S/C20H20F2N4O2/c1-10-23-16-8-13(26(3)11(2)27)9-17(20(16)24-10)25-15-4-5-28-18-7-12(21)6-14(22)19(15)18/h6-9,15,25H,4-5H2,1-3H3,(H,23,24). The molecule has 2 aromatic carbocycles. The summed E-state index contributed by atoms with van der Waals surface area (Å²) < 4.78 is 33.5. The normalized spacial score (nSPS) is 15.8. The average molecular weight is 386 g/mol. The molecule has 1 atom stereocenters. The Bertz CT molecular complexity index is 1080. The van der Waals surface area contributed by atoms with Gasteiger partial charge in [0, 0.05) is 38.2 Å². The lowest BCUT2D eigenvalue weighted by Gasteiger charge is -2.28. The van der Waals surface area contributed by atoms with Gasteiger partial charge in [0.1, 0.15) is 28.7 Å². The van der Waals surface area contributed by atoms with Crippen LogP contribution in [0.1, 0.15) is 30.8 Å². The fourth-order valence-corrected chi connectivity index (χ4v) is 3.49. The second-order valence-electron chi connectivity index (χ2n) is 6.92. The number of nitrogens with one attached hydrogen (secondary N) is 2. The zero-order chi connectivity index (χ0) is 20.0. The minimum atomic E-state index is -0.674. The summed E-state index contributed by atoms with van der Waals surface area (Å²) in [6.07, 6.45) is 0.507. The maximum Gasteiger partial charge on any atom is 0.223 e. The number of carbonyl (C=O) groups excluding carboxylic acids is 1. The van der Waals surface area contributed by atoms with E-state index in [1.54, 1.807) is 13.1 Å². The summed E-state index contributed by atoms with van der Waals surface area (Å²) in [7, 11) is 1.68. The molecule has 146 valence electrons. The molecule has 0 bridgehead atoms. The van der Waals surface area contributed by atoms with Crippen LogP contribution in [0.4, 0.5) is 20.2 Å². The molecule has 1 unspecified atom stereocenters. The van der Waals surface area contributed by atoms with Gasteiger partial charge in [0.2, 0.25) is 5.91 Å². The van der Waals surface area contributed by atoms with E-state index in [4.69, 9.17) is 4.74 Å².